The first kappa shape index (κ1) is 20.3. The van der Waals surface area contributed by atoms with Gasteiger partial charge >= 0.3 is 0 Å². The number of amides is 1. The first-order chi connectivity index (χ1) is 7.77. The van der Waals surface area contributed by atoms with Gasteiger partial charge in [0.15, 0.2) is 0 Å². The van der Waals surface area contributed by atoms with E-state index >= 15 is 0 Å². The van der Waals surface area contributed by atoms with E-state index in [9.17, 15) is 4.79 Å². The number of hydrogen-bond acceptors (Lipinski definition) is 4. The van der Waals surface area contributed by atoms with Crippen molar-refractivity contribution in [3.05, 3.63) is 0 Å². The number of nitrogens with one attached hydrogen (secondary N) is 1. The molecule has 3 N–H and O–H groups in total. The summed E-state index contributed by atoms with van der Waals surface area (Å²) < 4.78 is 5.07. The van der Waals surface area contributed by atoms with Crippen LogP contribution in [0.4, 0.5) is 0 Å². The molecule has 0 bridgehead atoms. The van der Waals surface area contributed by atoms with E-state index in [1.54, 1.807) is 7.11 Å². The number of halogens is 2. The van der Waals surface area contributed by atoms with Crippen LogP contribution in [0.1, 0.15) is 19.3 Å². The average Bonchev–Trinajstić information content (AvgIpc) is 2.71. The van der Waals surface area contributed by atoms with Gasteiger partial charge in [-0.25, -0.2) is 0 Å². The summed E-state index contributed by atoms with van der Waals surface area (Å²) in [5.41, 5.74) is 5.32. The molecular formula is C11H25Cl2N3O2. The van der Waals surface area contributed by atoms with Gasteiger partial charge in [0.2, 0.25) is 5.91 Å². The third kappa shape index (κ3) is 7.38. The molecule has 5 nitrogen and oxygen atoms in total. The lowest BCUT2D eigenvalue weighted by molar-refractivity contribution is -0.121. The zero-order valence-electron chi connectivity index (χ0n) is 10.9. The van der Waals surface area contributed by atoms with Crippen molar-refractivity contribution in [2.75, 3.05) is 39.9 Å². The summed E-state index contributed by atoms with van der Waals surface area (Å²) in [6, 6.07) is 0.469. The van der Waals surface area contributed by atoms with Crippen molar-refractivity contribution in [1.82, 2.24) is 10.2 Å². The van der Waals surface area contributed by atoms with Gasteiger partial charge in [0.25, 0.3) is 0 Å². The SMILES string of the molecule is COCCN1CCCC1CNC(=O)CCN.Cl.Cl. The van der Waals surface area contributed by atoms with Gasteiger partial charge < -0.3 is 15.8 Å². The van der Waals surface area contributed by atoms with Gasteiger partial charge in [-0.15, -0.1) is 24.8 Å². The molecule has 7 heteroatoms. The molecule has 0 saturated carbocycles. The summed E-state index contributed by atoms with van der Waals surface area (Å²) >= 11 is 0. The van der Waals surface area contributed by atoms with Crippen LogP contribution in [0.3, 0.4) is 0 Å². The zero-order valence-corrected chi connectivity index (χ0v) is 12.5. The standard InChI is InChI=1S/C11H23N3O2.2ClH/c1-16-8-7-14-6-2-3-10(14)9-13-11(15)4-5-12;;/h10H,2-9,12H2,1H3,(H,13,15);2*1H. The van der Waals surface area contributed by atoms with Crippen LogP contribution in [0.5, 0.6) is 0 Å². The summed E-state index contributed by atoms with van der Waals surface area (Å²) in [4.78, 5) is 13.7. The number of carbonyl (C=O) groups is 1. The second-order valence-corrected chi connectivity index (χ2v) is 4.17. The topological polar surface area (TPSA) is 67.6 Å². The van der Waals surface area contributed by atoms with Crippen molar-refractivity contribution in [2.45, 2.75) is 25.3 Å². The Morgan fingerprint density at radius 3 is 2.83 bits per heavy atom. The van der Waals surface area contributed by atoms with Gasteiger partial charge in [-0.2, -0.15) is 0 Å². The molecule has 1 amide bonds. The normalized spacial score (nSPS) is 18.9. The summed E-state index contributed by atoms with van der Waals surface area (Å²) in [5.74, 6) is 0.0566. The highest BCUT2D eigenvalue weighted by Crippen LogP contribution is 2.15. The summed E-state index contributed by atoms with van der Waals surface area (Å²) in [7, 11) is 1.72. The van der Waals surface area contributed by atoms with Crippen LogP contribution in [-0.4, -0.2) is 56.7 Å². The maximum atomic E-state index is 11.3. The average molecular weight is 302 g/mol. The van der Waals surface area contributed by atoms with Gasteiger partial charge in [-0.05, 0) is 19.4 Å². The molecule has 0 radical (unpaired) electrons. The molecule has 1 unspecified atom stereocenters. The molecule has 0 aromatic rings. The molecule has 1 aliphatic heterocycles. The zero-order chi connectivity index (χ0) is 11.8. The van der Waals surface area contributed by atoms with Crippen LogP contribution in [0.2, 0.25) is 0 Å². The number of hydrogen-bond donors (Lipinski definition) is 2. The van der Waals surface area contributed by atoms with Crippen LogP contribution in [0, 0.1) is 0 Å². The monoisotopic (exact) mass is 301 g/mol. The van der Waals surface area contributed by atoms with Crippen molar-refractivity contribution >= 4 is 30.7 Å². The molecule has 1 saturated heterocycles. The van der Waals surface area contributed by atoms with E-state index in [1.165, 1.54) is 6.42 Å². The second kappa shape index (κ2) is 12.0. The summed E-state index contributed by atoms with van der Waals surface area (Å²) in [6.07, 6.45) is 2.79. The number of likely N-dealkylation sites (tertiary alicyclic amines) is 1. The van der Waals surface area contributed by atoms with Crippen LogP contribution in [0.25, 0.3) is 0 Å². The van der Waals surface area contributed by atoms with Crippen LogP contribution >= 0.6 is 24.8 Å². The van der Waals surface area contributed by atoms with Crippen molar-refractivity contribution in [3.8, 4) is 0 Å². The van der Waals surface area contributed by atoms with Crippen molar-refractivity contribution in [2.24, 2.45) is 5.73 Å². The fourth-order valence-corrected chi connectivity index (χ4v) is 2.08. The van der Waals surface area contributed by atoms with E-state index in [2.05, 4.69) is 10.2 Å². The molecule has 1 fully saturated rings. The largest absolute Gasteiger partial charge is 0.383 e. The Labute approximate surface area is 122 Å². The van der Waals surface area contributed by atoms with Gasteiger partial charge in [0.1, 0.15) is 0 Å². The fraction of sp³-hybridized carbons (Fsp3) is 0.909. The Morgan fingerprint density at radius 2 is 2.22 bits per heavy atom. The van der Waals surface area contributed by atoms with Crippen LogP contribution in [0.15, 0.2) is 0 Å². The van der Waals surface area contributed by atoms with E-state index in [0.29, 0.717) is 19.0 Å². The number of nitrogens with zero attached hydrogens (tertiary/aromatic N) is 1. The molecule has 18 heavy (non-hydrogen) atoms. The number of ether oxygens (including phenoxy) is 1. The second-order valence-electron chi connectivity index (χ2n) is 4.17. The Morgan fingerprint density at radius 1 is 1.50 bits per heavy atom. The lowest BCUT2D eigenvalue weighted by atomic mass is 10.2. The Kier molecular flexibility index (Phi) is 13.5. The minimum atomic E-state index is 0. The van der Waals surface area contributed by atoms with E-state index in [1.807, 2.05) is 0 Å². The van der Waals surface area contributed by atoms with Gasteiger partial charge in [-0.3, -0.25) is 9.69 Å². The number of nitrogens with two attached hydrogens (primary N) is 1. The molecule has 1 aliphatic rings. The Hall–Kier alpha value is -0.0700. The summed E-state index contributed by atoms with van der Waals surface area (Å²) in [5, 5.41) is 2.93. The highest BCUT2D eigenvalue weighted by Gasteiger charge is 2.23. The molecular weight excluding hydrogens is 277 g/mol. The molecule has 1 heterocycles. The third-order valence-electron chi connectivity index (χ3n) is 2.99. The third-order valence-corrected chi connectivity index (χ3v) is 2.99. The first-order valence-corrected chi connectivity index (χ1v) is 5.97. The minimum absolute atomic E-state index is 0. The predicted molar refractivity (Wildman–Crippen MR) is 77.6 cm³/mol. The predicted octanol–water partition coefficient (Wildman–Crippen LogP) is 0.406. The minimum Gasteiger partial charge on any atom is -0.383 e. The first-order valence-electron chi connectivity index (χ1n) is 5.97. The lowest BCUT2D eigenvalue weighted by Gasteiger charge is -2.24. The Bertz CT molecular complexity index is 220. The molecule has 0 aromatic heterocycles. The quantitative estimate of drug-likeness (QED) is 0.714. The molecule has 0 aliphatic carbocycles. The van der Waals surface area contributed by atoms with Crippen LogP contribution in [-0.2, 0) is 9.53 Å². The molecule has 110 valence electrons. The summed E-state index contributed by atoms with van der Waals surface area (Å²) in [6.45, 7) is 3.98. The van der Waals surface area contributed by atoms with Gasteiger partial charge in [0.05, 0.1) is 6.61 Å². The number of rotatable bonds is 7. The van der Waals surface area contributed by atoms with Gasteiger partial charge in [0, 0.05) is 39.2 Å². The highest BCUT2D eigenvalue weighted by atomic mass is 35.5. The molecule has 1 rings (SSSR count). The lowest BCUT2D eigenvalue weighted by Crippen LogP contribution is -2.41. The van der Waals surface area contributed by atoms with E-state index in [-0.39, 0.29) is 30.7 Å². The van der Waals surface area contributed by atoms with Crippen molar-refractivity contribution < 1.29 is 9.53 Å². The number of carbonyl (C=O) groups excluding carboxylic acids is 1. The number of methoxy groups -OCH3 is 1. The maximum Gasteiger partial charge on any atom is 0.221 e. The van der Waals surface area contributed by atoms with Gasteiger partial charge in [-0.1, -0.05) is 0 Å². The Balaban J connectivity index is 0. The molecule has 1 atom stereocenters. The van der Waals surface area contributed by atoms with E-state index in [4.69, 9.17) is 10.5 Å². The fourth-order valence-electron chi connectivity index (χ4n) is 2.08. The molecule has 0 aromatic carbocycles. The van der Waals surface area contributed by atoms with Crippen molar-refractivity contribution in [3.63, 3.8) is 0 Å². The van der Waals surface area contributed by atoms with Crippen LogP contribution < -0.4 is 11.1 Å². The maximum absolute atomic E-state index is 11.3. The van der Waals surface area contributed by atoms with E-state index in [0.717, 1.165) is 32.7 Å². The van der Waals surface area contributed by atoms with E-state index < -0.39 is 0 Å². The molecule has 0 spiro atoms. The highest BCUT2D eigenvalue weighted by molar-refractivity contribution is 5.85. The van der Waals surface area contributed by atoms with Crippen molar-refractivity contribution in [1.29, 1.82) is 0 Å². The smallest absolute Gasteiger partial charge is 0.221 e.